The number of carbonyl (C=O) groups excluding carboxylic acids is 1. The van der Waals surface area contributed by atoms with Crippen molar-refractivity contribution in [3.63, 3.8) is 0 Å². The van der Waals surface area contributed by atoms with E-state index in [0.717, 1.165) is 29.7 Å². The number of hydrogen-bond acceptors (Lipinski definition) is 2. The standard InChI is InChI=1S/C16H23NO2/c1-5-10-8-11-6-7-13(18)17-14(11)12(9-10)15(19)16(2,3)4/h8-9,15,19H,5-7H2,1-4H3,(H,17,18). The first-order valence-corrected chi connectivity index (χ1v) is 6.96. The molecule has 1 aliphatic heterocycles. The highest BCUT2D eigenvalue weighted by molar-refractivity contribution is 5.95. The summed E-state index contributed by atoms with van der Waals surface area (Å²) in [5.74, 6) is 0.0408. The second-order valence-corrected chi connectivity index (χ2v) is 6.39. The van der Waals surface area contributed by atoms with Crippen LogP contribution < -0.4 is 5.32 Å². The molecule has 1 unspecified atom stereocenters. The number of aryl methyl sites for hydroxylation is 2. The van der Waals surface area contributed by atoms with Crippen molar-refractivity contribution < 1.29 is 9.90 Å². The van der Waals surface area contributed by atoms with Crippen molar-refractivity contribution in [3.8, 4) is 0 Å². The van der Waals surface area contributed by atoms with E-state index in [1.807, 2.05) is 26.8 Å². The van der Waals surface area contributed by atoms with E-state index in [0.29, 0.717) is 6.42 Å². The molecule has 1 aromatic carbocycles. The maximum absolute atomic E-state index is 11.6. The molecule has 3 heteroatoms. The maximum Gasteiger partial charge on any atom is 0.224 e. The zero-order chi connectivity index (χ0) is 14.2. The molecule has 0 radical (unpaired) electrons. The van der Waals surface area contributed by atoms with Gasteiger partial charge in [0.1, 0.15) is 0 Å². The van der Waals surface area contributed by atoms with Crippen LogP contribution in [-0.4, -0.2) is 11.0 Å². The fourth-order valence-electron chi connectivity index (χ4n) is 2.48. The number of aliphatic hydroxyl groups excluding tert-OH is 1. The minimum absolute atomic E-state index is 0.0408. The highest BCUT2D eigenvalue weighted by Gasteiger charge is 2.29. The Bertz CT molecular complexity index is 500. The normalized spacial score (nSPS) is 16.8. The molecule has 1 aromatic rings. The third kappa shape index (κ3) is 2.81. The molecule has 19 heavy (non-hydrogen) atoms. The molecule has 0 saturated heterocycles. The van der Waals surface area contributed by atoms with Crippen LogP contribution in [0.4, 0.5) is 5.69 Å². The largest absolute Gasteiger partial charge is 0.388 e. The minimum atomic E-state index is -0.578. The molecule has 1 atom stereocenters. The fraction of sp³-hybridized carbons (Fsp3) is 0.562. The zero-order valence-corrected chi connectivity index (χ0v) is 12.2. The van der Waals surface area contributed by atoms with Gasteiger partial charge in [-0.25, -0.2) is 0 Å². The molecule has 2 N–H and O–H groups in total. The summed E-state index contributed by atoms with van der Waals surface area (Å²) in [6.45, 7) is 8.13. The molecule has 2 rings (SSSR count). The smallest absolute Gasteiger partial charge is 0.224 e. The van der Waals surface area contributed by atoms with Gasteiger partial charge in [-0.2, -0.15) is 0 Å². The van der Waals surface area contributed by atoms with E-state index in [2.05, 4.69) is 18.3 Å². The van der Waals surface area contributed by atoms with Gasteiger partial charge in [0, 0.05) is 17.7 Å². The summed E-state index contributed by atoms with van der Waals surface area (Å²) in [6.07, 6.45) is 1.65. The second kappa shape index (κ2) is 4.97. The monoisotopic (exact) mass is 261 g/mol. The Morgan fingerprint density at radius 3 is 2.58 bits per heavy atom. The average Bonchev–Trinajstić information content (AvgIpc) is 2.35. The number of aliphatic hydroxyl groups is 1. The first kappa shape index (κ1) is 14.1. The number of benzene rings is 1. The first-order valence-electron chi connectivity index (χ1n) is 6.96. The number of fused-ring (bicyclic) bond motifs is 1. The van der Waals surface area contributed by atoms with E-state index >= 15 is 0 Å². The van der Waals surface area contributed by atoms with Gasteiger partial charge in [-0.05, 0) is 29.4 Å². The molecule has 1 heterocycles. The SMILES string of the molecule is CCc1cc2c(c(C(O)C(C)(C)C)c1)NC(=O)CC2. The third-order valence-corrected chi connectivity index (χ3v) is 3.72. The van der Waals surface area contributed by atoms with Crippen molar-refractivity contribution in [1.82, 2.24) is 0 Å². The van der Waals surface area contributed by atoms with Crippen molar-refractivity contribution in [2.75, 3.05) is 5.32 Å². The minimum Gasteiger partial charge on any atom is -0.388 e. The van der Waals surface area contributed by atoms with Gasteiger partial charge in [-0.15, -0.1) is 0 Å². The Balaban J connectivity index is 2.55. The summed E-state index contributed by atoms with van der Waals surface area (Å²) in [5, 5.41) is 13.5. The van der Waals surface area contributed by atoms with Gasteiger partial charge in [0.15, 0.2) is 0 Å². The number of amides is 1. The number of nitrogens with one attached hydrogen (secondary N) is 1. The van der Waals surface area contributed by atoms with Crippen LogP contribution in [-0.2, 0) is 17.6 Å². The maximum atomic E-state index is 11.6. The number of rotatable bonds is 2. The zero-order valence-electron chi connectivity index (χ0n) is 12.2. The molecular weight excluding hydrogens is 238 g/mol. The van der Waals surface area contributed by atoms with Gasteiger partial charge < -0.3 is 10.4 Å². The lowest BCUT2D eigenvalue weighted by molar-refractivity contribution is -0.116. The van der Waals surface area contributed by atoms with Crippen molar-refractivity contribution in [3.05, 3.63) is 28.8 Å². The molecule has 104 valence electrons. The molecule has 0 aliphatic carbocycles. The van der Waals surface area contributed by atoms with Crippen LogP contribution in [0.2, 0.25) is 0 Å². The van der Waals surface area contributed by atoms with Crippen LogP contribution >= 0.6 is 0 Å². The number of carbonyl (C=O) groups is 1. The number of hydrogen-bond donors (Lipinski definition) is 2. The van der Waals surface area contributed by atoms with Gasteiger partial charge in [0.25, 0.3) is 0 Å². The van der Waals surface area contributed by atoms with Gasteiger partial charge in [-0.3, -0.25) is 4.79 Å². The van der Waals surface area contributed by atoms with E-state index in [-0.39, 0.29) is 11.3 Å². The van der Waals surface area contributed by atoms with E-state index in [9.17, 15) is 9.90 Å². The summed E-state index contributed by atoms with van der Waals surface area (Å²) in [7, 11) is 0. The quantitative estimate of drug-likeness (QED) is 0.858. The molecule has 1 aliphatic rings. The van der Waals surface area contributed by atoms with Crippen LogP contribution in [0.1, 0.15) is 56.9 Å². The fourth-order valence-corrected chi connectivity index (χ4v) is 2.48. The summed E-state index contributed by atoms with van der Waals surface area (Å²) in [6, 6.07) is 4.17. The Morgan fingerprint density at radius 1 is 1.32 bits per heavy atom. The summed E-state index contributed by atoms with van der Waals surface area (Å²) in [4.78, 5) is 11.6. The average molecular weight is 261 g/mol. The van der Waals surface area contributed by atoms with Gasteiger partial charge in [-0.1, -0.05) is 39.8 Å². The Labute approximate surface area is 115 Å². The predicted octanol–water partition coefficient (Wildman–Crippen LogP) is 3.21. The molecule has 1 amide bonds. The lowest BCUT2D eigenvalue weighted by Gasteiger charge is -2.31. The van der Waals surface area contributed by atoms with Crippen LogP contribution in [0.5, 0.6) is 0 Å². The van der Waals surface area contributed by atoms with E-state index < -0.39 is 6.10 Å². The van der Waals surface area contributed by atoms with Crippen LogP contribution in [0, 0.1) is 5.41 Å². The predicted molar refractivity (Wildman–Crippen MR) is 77.2 cm³/mol. The van der Waals surface area contributed by atoms with Gasteiger partial charge in [0.2, 0.25) is 5.91 Å². The molecule has 3 nitrogen and oxygen atoms in total. The van der Waals surface area contributed by atoms with E-state index in [4.69, 9.17) is 0 Å². The summed E-state index contributed by atoms with van der Waals surface area (Å²) in [5.41, 5.74) is 3.80. The van der Waals surface area contributed by atoms with Crippen LogP contribution in [0.15, 0.2) is 12.1 Å². The van der Waals surface area contributed by atoms with Crippen LogP contribution in [0.25, 0.3) is 0 Å². The highest BCUT2D eigenvalue weighted by atomic mass is 16.3. The Hall–Kier alpha value is -1.35. The third-order valence-electron chi connectivity index (χ3n) is 3.72. The van der Waals surface area contributed by atoms with Crippen molar-refractivity contribution in [2.45, 2.75) is 53.1 Å². The van der Waals surface area contributed by atoms with Gasteiger partial charge in [0.05, 0.1) is 6.10 Å². The van der Waals surface area contributed by atoms with Crippen molar-refractivity contribution >= 4 is 11.6 Å². The summed E-state index contributed by atoms with van der Waals surface area (Å²) >= 11 is 0. The van der Waals surface area contributed by atoms with E-state index in [1.54, 1.807) is 0 Å². The molecule has 0 fully saturated rings. The van der Waals surface area contributed by atoms with Crippen LogP contribution in [0.3, 0.4) is 0 Å². The molecule has 0 aromatic heterocycles. The highest BCUT2D eigenvalue weighted by Crippen LogP contribution is 2.40. The lowest BCUT2D eigenvalue weighted by atomic mass is 9.81. The van der Waals surface area contributed by atoms with E-state index in [1.165, 1.54) is 5.56 Å². The lowest BCUT2D eigenvalue weighted by Crippen LogP contribution is -2.25. The number of anilines is 1. The molecule has 0 bridgehead atoms. The van der Waals surface area contributed by atoms with Gasteiger partial charge >= 0.3 is 0 Å². The first-order chi connectivity index (χ1) is 8.82. The molecule has 0 saturated carbocycles. The topological polar surface area (TPSA) is 49.3 Å². The molecule has 0 spiro atoms. The Morgan fingerprint density at radius 2 is 2.00 bits per heavy atom. The summed E-state index contributed by atoms with van der Waals surface area (Å²) < 4.78 is 0. The van der Waals surface area contributed by atoms with Crippen molar-refractivity contribution in [2.24, 2.45) is 5.41 Å². The van der Waals surface area contributed by atoms with Crippen molar-refractivity contribution in [1.29, 1.82) is 0 Å². The Kier molecular flexibility index (Phi) is 3.68. The molecular formula is C16H23NO2. The second-order valence-electron chi connectivity index (χ2n) is 6.39.